The molecule has 204 valence electrons. The molecule has 2 aromatic rings. The third-order valence-corrected chi connectivity index (χ3v) is 6.24. The molecule has 2 rings (SSSR count). The van der Waals surface area contributed by atoms with Gasteiger partial charge in [0, 0.05) is 18.8 Å². The maximum atomic E-state index is 15.8. The van der Waals surface area contributed by atoms with E-state index < -0.39 is 17.8 Å². The maximum absolute atomic E-state index is 15.8. The molecule has 0 aliphatic carbocycles. The zero-order chi connectivity index (χ0) is 27.5. The molecule has 7 heteroatoms. The van der Waals surface area contributed by atoms with E-state index in [2.05, 4.69) is 45.3 Å². The lowest BCUT2D eigenvalue weighted by Crippen LogP contribution is -2.33. The molecular formula is C30H44FN3O3. The van der Waals surface area contributed by atoms with Crippen molar-refractivity contribution in [3.05, 3.63) is 53.3 Å². The van der Waals surface area contributed by atoms with Gasteiger partial charge < -0.3 is 20.6 Å². The number of aliphatic carboxylic acids is 1. The third-order valence-electron chi connectivity index (χ3n) is 6.24. The molecule has 3 N–H and O–H groups in total. The first-order chi connectivity index (χ1) is 17.5. The Balaban J connectivity index is 2.42. The van der Waals surface area contributed by atoms with Crippen molar-refractivity contribution in [3.8, 4) is 0 Å². The summed E-state index contributed by atoms with van der Waals surface area (Å²) in [7, 11) is 0. The average Bonchev–Trinajstić information content (AvgIpc) is 2.80. The lowest BCUT2D eigenvalue weighted by atomic mass is 9.92. The molecule has 2 amide bonds. The molecule has 0 saturated heterocycles. The minimum atomic E-state index is -0.938. The van der Waals surface area contributed by atoms with Crippen molar-refractivity contribution in [1.82, 2.24) is 0 Å². The number of amides is 2. The first-order valence-corrected chi connectivity index (χ1v) is 13.5. The van der Waals surface area contributed by atoms with Crippen molar-refractivity contribution in [1.29, 1.82) is 0 Å². The second-order valence-corrected chi connectivity index (χ2v) is 10.7. The zero-order valence-electron chi connectivity index (χ0n) is 23.2. The van der Waals surface area contributed by atoms with Crippen LogP contribution in [0.25, 0.3) is 0 Å². The smallest absolute Gasteiger partial charge is 0.323 e. The Bertz CT molecular complexity index is 1010. The maximum Gasteiger partial charge on any atom is 0.323 e. The minimum Gasteiger partial charge on any atom is -0.481 e. The number of halogens is 1. The summed E-state index contributed by atoms with van der Waals surface area (Å²) in [4.78, 5) is 26.4. The number of hydrogen-bond donors (Lipinski definition) is 3. The number of hydrogen-bond acceptors (Lipinski definition) is 3. The molecule has 1 unspecified atom stereocenters. The Morgan fingerprint density at radius 3 is 2.11 bits per heavy atom. The molecule has 0 aliphatic rings. The molecule has 0 heterocycles. The number of benzene rings is 2. The van der Waals surface area contributed by atoms with E-state index in [1.807, 2.05) is 36.1 Å². The topological polar surface area (TPSA) is 81.7 Å². The lowest BCUT2D eigenvalue weighted by Gasteiger charge is -2.31. The Hall–Kier alpha value is -3.09. The van der Waals surface area contributed by atoms with Gasteiger partial charge in [0.1, 0.15) is 5.82 Å². The van der Waals surface area contributed by atoms with Crippen LogP contribution in [0.3, 0.4) is 0 Å². The van der Waals surface area contributed by atoms with E-state index in [0.717, 1.165) is 19.3 Å². The third kappa shape index (κ3) is 9.71. The summed E-state index contributed by atoms with van der Waals surface area (Å²) in [6.07, 6.45) is 3.67. The second kappa shape index (κ2) is 14.6. The van der Waals surface area contributed by atoms with Gasteiger partial charge in [-0.2, -0.15) is 0 Å². The fourth-order valence-corrected chi connectivity index (χ4v) is 4.54. The van der Waals surface area contributed by atoms with Crippen LogP contribution in [0, 0.1) is 17.7 Å². The summed E-state index contributed by atoms with van der Waals surface area (Å²) in [5.74, 6) is -1.20. The Kier molecular flexibility index (Phi) is 11.9. The highest BCUT2D eigenvalue weighted by Gasteiger charge is 2.24. The van der Waals surface area contributed by atoms with E-state index in [9.17, 15) is 14.7 Å². The first-order valence-electron chi connectivity index (χ1n) is 13.5. The van der Waals surface area contributed by atoms with E-state index in [1.165, 1.54) is 11.6 Å². The molecular weight excluding hydrogens is 469 g/mol. The molecule has 0 bridgehead atoms. The van der Waals surface area contributed by atoms with Gasteiger partial charge in [-0.05, 0) is 72.4 Å². The van der Waals surface area contributed by atoms with Gasteiger partial charge in [-0.1, -0.05) is 60.1 Å². The van der Waals surface area contributed by atoms with Gasteiger partial charge in [-0.3, -0.25) is 4.79 Å². The summed E-state index contributed by atoms with van der Waals surface area (Å²) in [5, 5.41) is 15.1. The summed E-state index contributed by atoms with van der Waals surface area (Å²) in [5.41, 5.74) is 3.11. The fraction of sp³-hybridized carbons (Fsp3) is 0.533. The van der Waals surface area contributed by atoms with Gasteiger partial charge in [0.15, 0.2) is 0 Å². The molecule has 0 saturated carbocycles. The van der Waals surface area contributed by atoms with Crippen molar-refractivity contribution < 1.29 is 19.1 Å². The Morgan fingerprint density at radius 1 is 0.973 bits per heavy atom. The van der Waals surface area contributed by atoms with Crippen molar-refractivity contribution in [2.45, 2.75) is 79.6 Å². The van der Waals surface area contributed by atoms with Crippen LogP contribution in [0.4, 0.5) is 26.2 Å². The molecule has 37 heavy (non-hydrogen) atoms. The number of rotatable bonds is 14. The van der Waals surface area contributed by atoms with Crippen LogP contribution in [-0.2, 0) is 11.2 Å². The van der Waals surface area contributed by atoms with Gasteiger partial charge in [0.2, 0.25) is 0 Å². The molecule has 0 radical (unpaired) electrons. The van der Waals surface area contributed by atoms with Crippen LogP contribution in [-0.4, -0.2) is 30.2 Å². The van der Waals surface area contributed by atoms with Crippen LogP contribution in [0.1, 0.15) is 84.3 Å². The van der Waals surface area contributed by atoms with Crippen LogP contribution < -0.4 is 15.5 Å². The summed E-state index contributed by atoms with van der Waals surface area (Å²) in [6, 6.07) is 10.4. The summed E-state index contributed by atoms with van der Waals surface area (Å²) < 4.78 is 15.8. The van der Waals surface area contributed by atoms with E-state index in [1.54, 1.807) is 6.07 Å². The Morgan fingerprint density at radius 2 is 1.59 bits per heavy atom. The number of carboxylic acids is 1. The molecule has 0 spiro atoms. The van der Waals surface area contributed by atoms with E-state index >= 15 is 4.39 Å². The van der Waals surface area contributed by atoms with Gasteiger partial charge in [-0.15, -0.1) is 0 Å². The van der Waals surface area contributed by atoms with Gasteiger partial charge in [0.05, 0.1) is 17.8 Å². The number of anilines is 3. The average molecular weight is 514 g/mol. The van der Waals surface area contributed by atoms with Crippen LogP contribution in [0.2, 0.25) is 0 Å². The number of nitrogens with zero attached hydrogens (tertiary/aromatic N) is 1. The summed E-state index contributed by atoms with van der Waals surface area (Å²) in [6.45, 7) is 13.6. The quantitative estimate of drug-likeness (QED) is 0.240. The number of nitrogens with one attached hydrogen (secondary N) is 2. The molecule has 1 atom stereocenters. The predicted molar refractivity (Wildman–Crippen MR) is 151 cm³/mol. The number of aryl methyl sites for hydroxylation is 1. The van der Waals surface area contributed by atoms with Crippen molar-refractivity contribution in [3.63, 3.8) is 0 Å². The zero-order valence-corrected chi connectivity index (χ0v) is 23.2. The largest absolute Gasteiger partial charge is 0.481 e. The molecule has 0 fully saturated rings. The van der Waals surface area contributed by atoms with Gasteiger partial charge in [0.25, 0.3) is 0 Å². The van der Waals surface area contributed by atoms with Gasteiger partial charge in [-0.25, -0.2) is 9.18 Å². The summed E-state index contributed by atoms with van der Waals surface area (Å²) >= 11 is 0. The van der Waals surface area contributed by atoms with E-state index in [4.69, 9.17) is 0 Å². The number of unbranched alkanes of at least 4 members (excludes halogenated alkanes) is 1. The monoisotopic (exact) mass is 513 g/mol. The van der Waals surface area contributed by atoms with Crippen LogP contribution >= 0.6 is 0 Å². The van der Waals surface area contributed by atoms with Crippen molar-refractivity contribution in [2.75, 3.05) is 28.6 Å². The molecule has 6 nitrogen and oxygen atoms in total. The highest BCUT2D eigenvalue weighted by Crippen LogP contribution is 2.36. The van der Waals surface area contributed by atoms with Crippen LogP contribution in [0.5, 0.6) is 0 Å². The normalized spacial score (nSPS) is 12.0. The highest BCUT2D eigenvalue weighted by atomic mass is 19.1. The predicted octanol–water partition coefficient (Wildman–Crippen LogP) is 7.90. The second-order valence-electron chi connectivity index (χ2n) is 10.7. The molecule has 0 aliphatic heterocycles. The minimum absolute atomic E-state index is 0.104. The number of carbonyl (C=O) groups excluding carboxylic acids is 1. The molecule has 2 aromatic carbocycles. The number of urea groups is 1. The molecule has 0 aromatic heterocycles. The van der Waals surface area contributed by atoms with Crippen LogP contribution in [0.15, 0.2) is 36.4 Å². The SMILES string of the molecule is CCCCc1ccc(NC(=O)Nc2cc(C(CC)CC(=O)O)cc(F)c2N(CC(C)C)CC(C)C)cc1. The van der Waals surface area contributed by atoms with Crippen molar-refractivity contribution >= 4 is 29.1 Å². The highest BCUT2D eigenvalue weighted by molar-refractivity contribution is 6.02. The first kappa shape index (κ1) is 30.1. The fourth-order valence-electron chi connectivity index (χ4n) is 4.54. The lowest BCUT2D eigenvalue weighted by molar-refractivity contribution is -0.137. The Labute approximate surface area is 221 Å². The number of carbonyl (C=O) groups is 2. The van der Waals surface area contributed by atoms with E-state index in [0.29, 0.717) is 42.1 Å². The van der Waals surface area contributed by atoms with E-state index in [-0.39, 0.29) is 24.2 Å². The number of carboxylic acid groups (broad SMARTS) is 1. The standard InChI is InChI=1S/C30H44FN3O3/c1-7-9-10-22-11-13-25(14-12-22)32-30(37)33-27-16-24(23(8-2)17-28(35)36)15-26(31)29(27)34(18-20(3)4)19-21(5)6/h11-16,20-21,23H,7-10,17-19H2,1-6H3,(H,35,36)(H2,32,33,37). The van der Waals surface area contributed by atoms with Crippen molar-refractivity contribution in [2.24, 2.45) is 11.8 Å². The van der Waals surface area contributed by atoms with Gasteiger partial charge >= 0.3 is 12.0 Å².